The topological polar surface area (TPSA) is 127 Å². The molecule has 0 fully saturated rings. The molecule has 1 aromatic carbocycles. The van der Waals surface area contributed by atoms with Crippen LogP contribution in [0.1, 0.15) is 17.6 Å². The summed E-state index contributed by atoms with van der Waals surface area (Å²) in [6.07, 6.45) is 1.77. The van der Waals surface area contributed by atoms with E-state index in [1.807, 2.05) is 0 Å². The number of hydrogen-bond donors (Lipinski definition) is 1. The smallest absolute Gasteiger partial charge is 0.347 e. The van der Waals surface area contributed by atoms with E-state index in [1.54, 1.807) is 6.08 Å². The fourth-order valence-corrected chi connectivity index (χ4v) is 4.80. The second-order valence-electron chi connectivity index (χ2n) is 7.78. The molecule has 2 aromatic heterocycles. The highest BCUT2D eigenvalue weighted by Gasteiger charge is 2.41. The number of ether oxygens (including phenoxy) is 1. The summed E-state index contributed by atoms with van der Waals surface area (Å²) in [4.78, 5) is 51.2. The van der Waals surface area contributed by atoms with E-state index in [9.17, 15) is 24.3 Å². The summed E-state index contributed by atoms with van der Waals surface area (Å²) in [5.74, 6) is -0.161. The lowest BCUT2D eigenvalue weighted by atomic mass is 9.90. The molecular weight excluding hydrogens is 444 g/mol. The van der Waals surface area contributed by atoms with E-state index >= 15 is 0 Å². The zero-order valence-corrected chi connectivity index (χ0v) is 18.1. The van der Waals surface area contributed by atoms with Gasteiger partial charge in [-0.05, 0) is 23.3 Å². The number of halogens is 1. The summed E-state index contributed by atoms with van der Waals surface area (Å²) in [7, 11) is 4.12. The second-order valence-corrected chi connectivity index (χ2v) is 8.18. The summed E-state index contributed by atoms with van der Waals surface area (Å²) >= 11 is 6.21. The molecule has 5 rings (SSSR count). The van der Waals surface area contributed by atoms with Crippen molar-refractivity contribution in [2.24, 2.45) is 14.1 Å². The highest BCUT2D eigenvalue weighted by Crippen LogP contribution is 2.43. The maximum Gasteiger partial charge on any atom is 0.347 e. The summed E-state index contributed by atoms with van der Waals surface area (Å²) in [6.45, 7) is 0.107. The van der Waals surface area contributed by atoms with Crippen LogP contribution in [0.25, 0.3) is 0 Å². The molecular formula is C19H19ClN6O6. The van der Waals surface area contributed by atoms with Gasteiger partial charge >= 0.3 is 22.8 Å². The maximum atomic E-state index is 13.0. The van der Waals surface area contributed by atoms with E-state index in [-0.39, 0.29) is 29.6 Å². The average molecular weight is 463 g/mol. The lowest BCUT2D eigenvalue weighted by Crippen LogP contribution is -2.46. The number of phenols is 1. The molecule has 3 aromatic rings. The number of rotatable bonds is 2. The van der Waals surface area contributed by atoms with Crippen LogP contribution in [0.5, 0.6) is 11.5 Å². The van der Waals surface area contributed by atoms with Gasteiger partial charge in [-0.15, -0.1) is 0 Å². The summed E-state index contributed by atoms with van der Waals surface area (Å²) in [5, 5.41) is 10.2. The van der Waals surface area contributed by atoms with Gasteiger partial charge in [-0.2, -0.15) is 0 Å². The van der Waals surface area contributed by atoms with Gasteiger partial charge in [0.05, 0.1) is 31.3 Å². The number of aromatic nitrogens is 6. The van der Waals surface area contributed by atoms with Crippen LogP contribution in [0.2, 0.25) is 5.02 Å². The Labute approximate surface area is 183 Å². The minimum absolute atomic E-state index is 0.00421. The first-order valence-corrected chi connectivity index (χ1v) is 10.1. The molecule has 0 amide bonds. The van der Waals surface area contributed by atoms with Gasteiger partial charge in [0.1, 0.15) is 6.04 Å². The van der Waals surface area contributed by atoms with E-state index < -0.39 is 34.8 Å². The Kier molecular flexibility index (Phi) is 4.21. The van der Waals surface area contributed by atoms with Crippen LogP contribution in [0.15, 0.2) is 43.0 Å². The van der Waals surface area contributed by atoms with Gasteiger partial charge < -0.3 is 9.84 Å². The fourth-order valence-electron chi connectivity index (χ4n) is 4.58. The Hall–Kier alpha value is -3.67. The highest BCUT2D eigenvalue weighted by molar-refractivity contribution is 6.32. The van der Waals surface area contributed by atoms with Crippen LogP contribution in [0.3, 0.4) is 0 Å². The average Bonchev–Trinajstić information content (AvgIpc) is 3.14. The Balaban J connectivity index is 1.84. The second kappa shape index (κ2) is 6.66. The van der Waals surface area contributed by atoms with Crippen LogP contribution in [0, 0.1) is 0 Å². The van der Waals surface area contributed by atoms with Gasteiger partial charge in [-0.1, -0.05) is 17.7 Å². The zero-order valence-electron chi connectivity index (χ0n) is 17.4. The standard InChI is InChI=1S/C19H19ClN6O6/c1-21-16(28)23-5-4-10-12(25(23)18(21)30)8-24-17(29)22(2)19(31)26(24)14(10)9-6-11(20)15(27)13(7-9)32-3/h4,6-7,12,14,27H,5,8H2,1-3H3/t12-,14+/m1/s1. The quantitative estimate of drug-likeness (QED) is 0.495. The van der Waals surface area contributed by atoms with Crippen molar-refractivity contribution in [2.75, 3.05) is 7.11 Å². The van der Waals surface area contributed by atoms with Gasteiger partial charge in [0, 0.05) is 14.1 Å². The molecule has 2 aliphatic heterocycles. The van der Waals surface area contributed by atoms with E-state index in [4.69, 9.17) is 16.3 Å². The highest BCUT2D eigenvalue weighted by atomic mass is 35.5. The molecule has 2 atom stereocenters. The molecule has 0 radical (unpaired) electrons. The lowest BCUT2D eigenvalue weighted by Gasteiger charge is -2.37. The van der Waals surface area contributed by atoms with Crippen LogP contribution in [0.4, 0.5) is 0 Å². The number of aromatic hydroxyl groups is 1. The maximum absolute atomic E-state index is 13.0. The van der Waals surface area contributed by atoms with Crippen molar-refractivity contribution in [1.82, 2.24) is 27.9 Å². The number of hydrogen-bond acceptors (Lipinski definition) is 6. The number of fused-ring (bicyclic) bond motifs is 4. The lowest BCUT2D eigenvalue weighted by molar-refractivity contribution is 0.245. The van der Waals surface area contributed by atoms with Gasteiger partial charge in [0.2, 0.25) is 0 Å². The van der Waals surface area contributed by atoms with Crippen molar-refractivity contribution in [2.45, 2.75) is 25.2 Å². The molecule has 2 aliphatic rings. The summed E-state index contributed by atoms with van der Waals surface area (Å²) in [6, 6.07) is 1.50. The first kappa shape index (κ1) is 20.2. The van der Waals surface area contributed by atoms with E-state index in [0.29, 0.717) is 11.1 Å². The van der Waals surface area contributed by atoms with E-state index in [0.717, 1.165) is 9.13 Å². The number of allylic oxidation sites excluding steroid dienone is 2. The van der Waals surface area contributed by atoms with Crippen molar-refractivity contribution >= 4 is 11.6 Å². The fraction of sp³-hybridized carbons (Fsp3) is 0.368. The molecule has 4 heterocycles. The van der Waals surface area contributed by atoms with Gasteiger partial charge in [-0.25, -0.2) is 47.0 Å². The predicted molar refractivity (Wildman–Crippen MR) is 113 cm³/mol. The molecule has 0 saturated heterocycles. The molecule has 0 unspecified atom stereocenters. The first-order chi connectivity index (χ1) is 15.2. The molecule has 13 heteroatoms. The van der Waals surface area contributed by atoms with Crippen molar-refractivity contribution in [3.05, 3.63) is 76.3 Å². The third-order valence-corrected chi connectivity index (χ3v) is 6.46. The Morgan fingerprint density at radius 3 is 2.25 bits per heavy atom. The zero-order chi connectivity index (χ0) is 23.1. The minimum Gasteiger partial charge on any atom is -0.503 e. The Morgan fingerprint density at radius 2 is 1.59 bits per heavy atom. The summed E-state index contributed by atoms with van der Waals surface area (Å²) < 4.78 is 12.4. The van der Waals surface area contributed by atoms with Gasteiger partial charge in [0.25, 0.3) is 0 Å². The molecule has 32 heavy (non-hydrogen) atoms. The van der Waals surface area contributed by atoms with E-state index in [2.05, 4.69) is 0 Å². The summed E-state index contributed by atoms with van der Waals surface area (Å²) in [5.41, 5.74) is -0.980. The normalized spacial score (nSPS) is 19.2. The van der Waals surface area contributed by atoms with Crippen LogP contribution in [-0.4, -0.2) is 40.1 Å². The van der Waals surface area contributed by atoms with Crippen molar-refractivity contribution in [1.29, 1.82) is 0 Å². The predicted octanol–water partition coefficient (Wildman–Crippen LogP) is -0.838. The first-order valence-electron chi connectivity index (χ1n) is 9.70. The van der Waals surface area contributed by atoms with Gasteiger partial charge in [-0.3, -0.25) is 0 Å². The number of phenolic OH excluding ortho intramolecular Hbond substituents is 1. The molecule has 168 valence electrons. The molecule has 12 nitrogen and oxygen atoms in total. The van der Waals surface area contributed by atoms with Crippen molar-refractivity contribution < 1.29 is 9.84 Å². The number of methoxy groups -OCH3 is 1. The van der Waals surface area contributed by atoms with Crippen LogP contribution >= 0.6 is 11.6 Å². The van der Waals surface area contributed by atoms with Gasteiger partial charge in [0.15, 0.2) is 11.5 Å². The Morgan fingerprint density at radius 1 is 0.969 bits per heavy atom. The van der Waals surface area contributed by atoms with E-state index in [1.165, 1.54) is 52.1 Å². The third kappa shape index (κ3) is 2.43. The SMILES string of the molecule is COc1cc([C@H]2C3=CCn4c(=O)n(C)c(=O)n4[C@@H]3Cn3c(=O)n(C)c(=O)n32)cc(Cl)c1O. The largest absolute Gasteiger partial charge is 0.503 e. The molecule has 1 N–H and O–H groups in total. The number of nitrogens with zero attached hydrogens (tertiary/aromatic N) is 6. The van der Waals surface area contributed by atoms with Crippen molar-refractivity contribution in [3.8, 4) is 11.5 Å². The third-order valence-electron chi connectivity index (χ3n) is 6.17. The van der Waals surface area contributed by atoms with Crippen LogP contribution in [-0.2, 0) is 27.2 Å². The molecule has 0 aliphatic carbocycles. The molecule has 0 saturated carbocycles. The number of benzene rings is 1. The van der Waals surface area contributed by atoms with Crippen molar-refractivity contribution in [3.63, 3.8) is 0 Å². The van der Waals surface area contributed by atoms with Crippen LogP contribution < -0.4 is 27.5 Å². The monoisotopic (exact) mass is 462 g/mol. The minimum atomic E-state index is -0.821. The molecule has 0 bridgehead atoms. The molecule has 0 spiro atoms. The Bertz CT molecular complexity index is 1560.